The average molecular weight is 452 g/mol. The molecule has 0 spiro atoms. The molecule has 0 saturated carbocycles. The van der Waals surface area contributed by atoms with E-state index in [9.17, 15) is 9.59 Å². The van der Waals surface area contributed by atoms with E-state index in [4.69, 9.17) is 21.7 Å². The number of piperazine rings is 1. The van der Waals surface area contributed by atoms with Crippen LogP contribution in [0.1, 0.15) is 52.9 Å². The fourth-order valence-corrected chi connectivity index (χ4v) is 6.06. The molecule has 2 aliphatic heterocycles. The van der Waals surface area contributed by atoms with Gasteiger partial charge in [0.1, 0.15) is 11.1 Å². The normalized spacial score (nSPS) is 21.7. The highest BCUT2D eigenvalue weighted by atomic mass is 32.1. The van der Waals surface area contributed by atoms with Crippen LogP contribution in [0.2, 0.25) is 0 Å². The molecule has 2 fully saturated rings. The Kier molecular flexibility index (Phi) is 6.90. The molecular weight excluding hydrogens is 422 g/mol. The summed E-state index contributed by atoms with van der Waals surface area (Å²) in [6.45, 7) is 3.28. The molecule has 0 bridgehead atoms. The number of hydrogen-bond donors (Lipinski definition) is 1. The first-order valence-electron chi connectivity index (χ1n) is 10.8. The highest BCUT2D eigenvalue weighted by Gasteiger charge is 2.31. The smallest absolute Gasteiger partial charge is 0.341 e. The van der Waals surface area contributed by atoms with Crippen molar-refractivity contribution in [2.45, 2.75) is 51.0 Å². The van der Waals surface area contributed by atoms with Crippen LogP contribution >= 0.6 is 23.6 Å². The predicted molar refractivity (Wildman–Crippen MR) is 120 cm³/mol. The first-order valence-corrected chi connectivity index (χ1v) is 12.0. The number of rotatable bonds is 3. The van der Waals surface area contributed by atoms with E-state index in [1.165, 1.54) is 18.4 Å². The Labute approximate surface area is 186 Å². The van der Waals surface area contributed by atoms with Crippen LogP contribution in [0.3, 0.4) is 0 Å². The molecule has 1 atom stereocenters. The largest absolute Gasteiger partial charge is 0.465 e. The molecular formula is C21H29N3O4S2. The predicted octanol–water partition coefficient (Wildman–Crippen LogP) is 2.82. The van der Waals surface area contributed by atoms with Crippen molar-refractivity contribution in [1.29, 1.82) is 0 Å². The molecule has 0 radical (unpaired) electrons. The number of ether oxygens (including phenoxy) is 2. The molecule has 1 aromatic heterocycles. The number of nitrogens with zero attached hydrogens (tertiary/aromatic N) is 2. The molecule has 2 saturated heterocycles. The molecule has 3 aliphatic rings. The van der Waals surface area contributed by atoms with Gasteiger partial charge in [0.15, 0.2) is 5.11 Å². The molecule has 164 valence electrons. The zero-order chi connectivity index (χ0) is 21.1. The third kappa shape index (κ3) is 4.48. The summed E-state index contributed by atoms with van der Waals surface area (Å²) in [5, 5.41) is 4.71. The Morgan fingerprint density at radius 1 is 1.10 bits per heavy atom. The lowest BCUT2D eigenvalue weighted by atomic mass is 10.1. The quantitative estimate of drug-likeness (QED) is 0.430. The number of methoxy groups -OCH3 is 1. The fourth-order valence-electron chi connectivity index (χ4n) is 4.43. The van der Waals surface area contributed by atoms with Crippen molar-refractivity contribution in [2.75, 3.05) is 45.2 Å². The van der Waals surface area contributed by atoms with Crippen molar-refractivity contribution in [2.24, 2.45) is 0 Å². The Bertz CT molecular complexity index is 811. The van der Waals surface area contributed by atoms with Gasteiger partial charge < -0.3 is 24.6 Å². The van der Waals surface area contributed by atoms with Crippen LogP contribution in [0.4, 0.5) is 5.00 Å². The van der Waals surface area contributed by atoms with Gasteiger partial charge in [-0.25, -0.2) is 4.79 Å². The highest BCUT2D eigenvalue weighted by molar-refractivity contribution is 7.80. The van der Waals surface area contributed by atoms with Crippen LogP contribution < -0.4 is 5.32 Å². The van der Waals surface area contributed by atoms with Gasteiger partial charge in [-0.05, 0) is 56.3 Å². The summed E-state index contributed by atoms with van der Waals surface area (Å²) in [5.74, 6) is -0.201. The molecule has 1 N–H and O–H groups in total. The van der Waals surface area contributed by atoms with E-state index in [1.807, 2.05) is 4.90 Å². The van der Waals surface area contributed by atoms with Crippen LogP contribution in [-0.2, 0) is 27.1 Å². The molecule has 0 aromatic carbocycles. The maximum Gasteiger partial charge on any atom is 0.341 e. The minimum Gasteiger partial charge on any atom is -0.465 e. The number of thiophene rings is 1. The maximum absolute atomic E-state index is 12.5. The summed E-state index contributed by atoms with van der Waals surface area (Å²) >= 11 is 7.28. The number of carbonyl (C=O) groups excluding carboxylic acids is 2. The Hall–Kier alpha value is -1.71. The SMILES string of the molecule is COC(=O)c1c(NC(=S)N2CCN(C(=O)C3CCCO3)CC2)sc2c1CCCCC2. The lowest BCUT2D eigenvalue weighted by Gasteiger charge is -2.37. The van der Waals surface area contributed by atoms with Crippen molar-refractivity contribution in [3.8, 4) is 0 Å². The summed E-state index contributed by atoms with van der Waals surface area (Å²) in [6, 6.07) is 0. The van der Waals surface area contributed by atoms with Crippen LogP contribution in [0.25, 0.3) is 0 Å². The topological polar surface area (TPSA) is 71.1 Å². The van der Waals surface area contributed by atoms with Crippen molar-refractivity contribution < 1.29 is 19.1 Å². The number of hydrogen-bond acceptors (Lipinski definition) is 6. The maximum atomic E-state index is 12.5. The zero-order valence-corrected chi connectivity index (χ0v) is 19.0. The molecule has 9 heteroatoms. The molecule has 30 heavy (non-hydrogen) atoms. The van der Waals surface area contributed by atoms with E-state index in [2.05, 4.69) is 10.2 Å². The first-order chi connectivity index (χ1) is 14.6. The van der Waals surface area contributed by atoms with Crippen LogP contribution in [0, 0.1) is 0 Å². The summed E-state index contributed by atoms with van der Waals surface area (Å²) in [5.41, 5.74) is 1.77. The second-order valence-corrected chi connectivity index (χ2v) is 9.50. The van der Waals surface area contributed by atoms with Gasteiger partial charge in [-0.15, -0.1) is 11.3 Å². The molecule has 1 unspecified atom stereocenters. The Morgan fingerprint density at radius 2 is 1.83 bits per heavy atom. The number of aryl methyl sites for hydroxylation is 1. The minimum absolute atomic E-state index is 0.0982. The molecule has 1 aromatic rings. The monoisotopic (exact) mass is 451 g/mol. The van der Waals surface area contributed by atoms with Gasteiger partial charge in [0.05, 0.1) is 12.7 Å². The Morgan fingerprint density at radius 3 is 2.53 bits per heavy atom. The van der Waals surface area contributed by atoms with Crippen molar-refractivity contribution in [3.05, 3.63) is 16.0 Å². The van der Waals surface area contributed by atoms with Gasteiger partial charge >= 0.3 is 5.97 Å². The summed E-state index contributed by atoms with van der Waals surface area (Å²) in [6.07, 6.45) is 6.85. The zero-order valence-electron chi connectivity index (χ0n) is 17.4. The van der Waals surface area contributed by atoms with Gasteiger partial charge in [-0.3, -0.25) is 4.79 Å². The number of carbonyl (C=O) groups is 2. The first kappa shape index (κ1) is 21.5. The number of thiocarbonyl (C=S) groups is 1. The van der Waals surface area contributed by atoms with Crippen LogP contribution in [0.15, 0.2) is 0 Å². The van der Waals surface area contributed by atoms with Crippen molar-refractivity contribution in [1.82, 2.24) is 9.80 Å². The number of nitrogens with one attached hydrogen (secondary N) is 1. The van der Waals surface area contributed by atoms with E-state index in [0.29, 0.717) is 43.5 Å². The average Bonchev–Trinajstić information content (AvgIpc) is 3.36. The van der Waals surface area contributed by atoms with Gasteiger partial charge in [0.25, 0.3) is 5.91 Å². The lowest BCUT2D eigenvalue weighted by molar-refractivity contribution is -0.142. The van der Waals surface area contributed by atoms with Gasteiger partial charge in [-0.2, -0.15) is 0 Å². The molecule has 7 nitrogen and oxygen atoms in total. The standard InChI is InChI=1S/C21H29N3O4S2/c1-27-20(26)17-14-6-3-2-4-8-16(14)30-18(17)22-21(29)24-11-9-23(10-12-24)19(25)15-7-5-13-28-15/h15H,2-13H2,1H3,(H,22,29). The fraction of sp³-hybridized carbons (Fsp3) is 0.667. The number of fused-ring (bicyclic) bond motifs is 1. The minimum atomic E-state index is -0.299. The summed E-state index contributed by atoms with van der Waals surface area (Å²) < 4.78 is 10.6. The number of esters is 1. The number of anilines is 1. The number of amides is 1. The van der Waals surface area contributed by atoms with Crippen LogP contribution in [-0.4, -0.2) is 72.8 Å². The summed E-state index contributed by atoms with van der Waals surface area (Å²) in [4.78, 5) is 30.3. The van der Waals surface area contributed by atoms with Crippen LogP contribution in [0.5, 0.6) is 0 Å². The van der Waals surface area contributed by atoms with E-state index in [-0.39, 0.29) is 18.0 Å². The summed E-state index contributed by atoms with van der Waals surface area (Å²) in [7, 11) is 1.43. The second-order valence-electron chi connectivity index (χ2n) is 8.00. The molecule has 3 heterocycles. The van der Waals surface area contributed by atoms with Gasteiger partial charge in [0, 0.05) is 37.7 Å². The van der Waals surface area contributed by atoms with E-state index in [0.717, 1.165) is 49.1 Å². The second kappa shape index (κ2) is 9.62. The van der Waals surface area contributed by atoms with Crippen molar-refractivity contribution >= 4 is 45.5 Å². The van der Waals surface area contributed by atoms with Crippen molar-refractivity contribution in [3.63, 3.8) is 0 Å². The highest BCUT2D eigenvalue weighted by Crippen LogP contribution is 2.38. The third-order valence-corrected chi connectivity index (χ3v) is 7.68. The molecule has 4 rings (SSSR count). The molecule has 1 amide bonds. The van der Waals surface area contributed by atoms with E-state index < -0.39 is 0 Å². The molecule has 1 aliphatic carbocycles. The van der Waals surface area contributed by atoms with E-state index >= 15 is 0 Å². The Balaban J connectivity index is 1.41. The lowest BCUT2D eigenvalue weighted by Crippen LogP contribution is -2.53. The van der Waals surface area contributed by atoms with E-state index in [1.54, 1.807) is 11.3 Å². The third-order valence-electron chi connectivity index (χ3n) is 6.11. The van der Waals surface area contributed by atoms with Gasteiger partial charge in [0.2, 0.25) is 0 Å². The van der Waals surface area contributed by atoms with Gasteiger partial charge in [-0.1, -0.05) is 6.42 Å².